The van der Waals surface area contributed by atoms with Crippen LogP contribution in [0.15, 0.2) is 24.3 Å². The van der Waals surface area contributed by atoms with Crippen molar-refractivity contribution in [2.75, 3.05) is 0 Å². The SMILES string of the molecule is Cc1ccccc1OS(=O)(=O)O. The minimum atomic E-state index is -4.40. The highest BCUT2D eigenvalue weighted by Crippen LogP contribution is 2.17. The standard InChI is InChI=1S/C7H8O4S/c1-6-4-2-3-5-7(6)11-12(8,9)10/h2-5H,1H3,(H,8,9,10). The molecule has 0 aliphatic heterocycles. The smallest absolute Gasteiger partial charge is 0.362 e. The minimum absolute atomic E-state index is 0.139. The zero-order chi connectivity index (χ0) is 9.19. The second-order valence-corrected chi connectivity index (χ2v) is 3.30. The van der Waals surface area contributed by atoms with Gasteiger partial charge in [-0.3, -0.25) is 4.55 Å². The van der Waals surface area contributed by atoms with E-state index in [1.165, 1.54) is 6.07 Å². The fraction of sp³-hybridized carbons (Fsp3) is 0.143. The number of benzene rings is 1. The largest absolute Gasteiger partial charge is 0.446 e. The van der Waals surface area contributed by atoms with E-state index in [-0.39, 0.29) is 5.75 Å². The van der Waals surface area contributed by atoms with E-state index < -0.39 is 10.4 Å². The monoisotopic (exact) mass is 188 g/mol. The molecule has 1 rings (SSSR count). The van der Waals surface area contributed by atoms with Gasteiger partial charge in [0.05, 0.1) is 0 Å². The van der Waals surface area contributed by atoms with Crippen LogP contribution in [0.1, 0.15) is 5.56 Å². The van der Waals surface area contributed by atoms with Crippen molar-refractivity contribution in [2.24, 2.45) is 0 Å². The molecule has 4 nitrogen and oxygen atoms in total. The molecule has 0 amide bonds. The Morgan fingerprint density at radius 1 is 1.33 bits per heavy atom. The van der Waals surface area contributed by atoms with Gasteiger partial charge in [0, 0.05) is 0 Å². The van der Waals surface area contributed by atoms with Crippen molar-refractivity contribution in [3.05, 3.63) is 29.8 Å². The molecule has 1 N–H and O–H groups in total. The molecule has 0 aliphatic rings. The van der Waals surface area contributed by atoms with Crippen molar-refractivity contribution in [1.29, 1.82) is 0 Å². The van der Waals surface area contributed by atoms with Gasteiger partial charge in [0.15, 0.2) is 0 Å². The van der Waals surface area contributed by atoms with Crippen LogP contribution in [0.5, 0.6) is 5.75 Å². The fourth-order valence-electron chi connectivity index (χ4n) is 0.763. The lowest BCUT2D eigenvalue weighted by Gasteiger charge is -2.03. The molecule has 0 radical (unpaired) electrons. The average molecular weight is 188 g/mol. The molecule has 0 bridgehead atoms. The lowest BCUT2D eigenvalue weighted by Crippen LogP contribution is -2.07. The first-order valence-corrected chi connectivity index (χ1v) is 4.58. The molecule has 0 spiro atoms. The summed E-state index contributed by atoms with van der Waals surface area (Å²) in [5, 5.41) is 0. The molecule has 66 valence electrons. The van der Waals surface area contributed by atoms with E-state index >= 15 is 0 Å². The molecule has 0 heterocycles. The van der Waals surface area contributed by atoms with Crippen LogP contribution in [0, 0.1) is 6.92 Å². The van der Waals surface area contributed by atoms with E-state index in [1.54, 1.807) is 25.1 Å². The quantitative estimate of drug-likeness (QED) is 0.708. The van der Waals surface area contributed by atoms with Crippen molar-refractivity contribution in [1.82, 2.24) is 0 Å². The lowest BCUT2D eigenvalue weighted by atomic mass is 10.2. The Hall–Kier alpha value is -1.07. The average Bonchev–Trinajstić information content (AvgIpc) is 1.91. The van der Waals surface area contributed by atoms with Gasteiger partial charge in [-0.05, 0) is 18.6 Å². The predicted octanol–water partition coefficient (Wildman–Crippen LogP) is 1.18. The number of hydrogen-bond acceptors (Lipinski definition) is 3. The third-order valence-corrected chi connectivity index (χ3v) is 1.68. The number of para-hydroxylation sites is 1. The summed E-state index contributed by atoms with van der Waals surface area (Å²) in [6, 6.07) is 6.50. The maximum Gasteiger partial charge on any atom is 0.446 e. The molecule has 0 atom stereocenters. The first-order chi connectivity index (χ1) is 5.49. The van der Waals surface area contributed by atoms with Gasteiger partial charge >= 0.3 is 10.4 Å². The summed E-state index contributed by atoms with van der Waals surface area (Å²) in [6.07, 6.45) is 0. The summed E-state index contributed by atoms with van der Waals surface area (Å²) < 4.78 is 33.2. The van der Waals surface area contributed by atoms with Crippen molar-refractivity contribution < 1.29 is 17.2 Å². The highest BCUT2D eigenvalue weighted by atomic mass is 32.3. The molecule has 0 aromatic heterocycles. The Bertz CT molecular complexity index is 369. The molecule has 1 aromatic carbocycles. The Kier molecular flexibility index (Phi) is 2.35. The third kappa shape index (κ3) is 2.52. The lowest BCUT2D eigenvalue weighted by molar-refractivity contribution is 0.386. The van der Waals surface area contributed by atoms with Gasteiger partial charge in [-0.1, -0.05) is 18.2 Å². The van der Waals surface area contributed by atoms with Crippen molar-refractivity contribution in [2.45, 2.75) is 6.92 Å². The van der Waals surface area contributed by atoms with Gasteiger partial charge < -0.3 is 4.18 Å². The Balaban J connectivity index is 2.98. The Labute approximate surface area is 70.7 Å². The molecule has 0 saturated carbocycles. The van der Waals surface area contributed by atoms with Crippen LogP contribution in [0.3, 0.4) is 0 Å². The predicted molar refractivity (Wildman–Crippen MR) is 43.4 cm³/mol. The highest BCUT2D eigenvalue weighted by Gasteiger charge is 2.07. The molecule has 1 aromatic rings. The Morgan fingerprint density at radius 2 is 1.92 bits per heavy atom. The maximum absolute atomic E-state index is 10.3. The maximum atomic E-state index is 10.3. The van der Waals surface area contributed by atoms with Crippen LogP contribution < -0.4 is 4.18 Å². The van der Waals surface area contributed by atoms with Crippen LogP contribution in [0.2, 0.25) is 0 Å². The van der Waals surface area contributed by atoms with E-state index in [1.807, 2.05) is 0 Å². The molecule has 0 fully saturated rings. The van der Waals surface area contributed by atoms with E-state index in [2.05, 4.69) is 4.18 Å². The third-order valence-electron chi connectivity index (χ3n) is 1.29. The van der Waals surface area contributed by atoms with Crippen LogP contribution in [0.25, 0.3) is 0 Å². The highest BCUT2D eigenvalue weighted by molar-refractivity contribution is 7.81. The zero-order valence-corrected chi connectivity index (χ0v) is 7.21. The van der Waals surface area contributed by atoms with Crippen LogP contribution in [0.4, 0.5) is 0 Å². The molecule has 0 saturated heterocycles. The van der Waals surface area contributed by atoms with Crippen LogP contribution >= 0.6 is 0 Å². The second-order valence-electron chi connectivity index (χ2n) is 2.28. The van der Waals surface area contributed by atoms with Crippen LogP contribution in [-0.2, 0) is 10.4 Å². The summed E-state index contributed by atoms with van der Waals surface area (Å²) >= 11 is 0. The normalized spacial score (nSPS) is 11.2. The molecule has 0 unspecified atom stereocenters. The van der Waals surface area contributed by atoms with E-state index in [9.17, 15) is 8.42 Å². The summed E-state index contributed by atoms with van der Waals surface area (Å²) in [5.74, 6) is 0.139. The summed E-state index contributed by atoms with van der Waals surface area (Å²) in [5.41, 5.74) is 0.648. The number of rotatable bonds is 2. The summed E-state index contributed by atoms with van der Waals surface area (Å²) in [6.45, 7) is 1.68. The summed E-state index contributed by atoms with van der Waals surface area (Å²) in [4.78, 5) is 0. The van der Waals surface area contributed by atoms with Crippen LogP contribution in [-0.4, -0.2) is 13.0 Å². The number of aryl methyl sites for hydroxylation is 1. The van der Waals surface area contributed by atoms with Gasteiger partial charge in [-0.25, -0.2) is 0 Å². The van der Waals surface area contributed by atoms with E-state index in [4.69, 9.17) is 4.55 Å². The summed E-state index contributed by atoms with van der Waals surface area (Å²) in [7, 11) is -4.40. The zero-order valence-electron chi connectivity index (χ0n) is 6.39. The van der Waals surface area contributed by atoms with Crippen molar-refractivity contribution in [3.8, 4) is 5.75 Å². The fourth-order valence-corrected chi connectivity index (χ4v) is 1.18. The topological polar surface area (TPSA) is 63.6 Å². The minimum Gasteiger partial charge on any atom is -0.362 e. The van der Waals surface area contributed by atoms with E-state index in [0.29, 0.717) is 5.56 Å². The first-order valence-electron chi connectivity index (χ1n) is 3.21. The van der Waals surface area contributed by atoms with Gasteiger partial charge in [0.25, 0.3) is 0 Å². The van der Waals surface area contributed by atoms with E-state index in [0.717, 1.165) is 0 Å². The first kappa shape index (κ1) is 9.02. The Morgan fingerprint density at radius 3 is 2.42 bits per heavy atom. The molecule has 0 aliphatic carbocycles. The van der Waals surface area contributed by atoms with Gasteiger partial charge in [-0.15, -0.1) is 0 Å². The number of hydrogen-bond donors (Lipinski definition) is 1. The van der Waals surface area contributed by atoms with Gasteiger partial charge in [0.1, 0.15) is 5.75 Å². The molecule has 5 heteroatoms. The van der Waals surface area contributed by atoms with Crippen molar-refractivity contribution >= 4 is 10.4 Å². The van der Waals surface area contributed by atoms with Crippen molar-refractivity contribution in [3.63, 3.8) is 0 Å². The second kappa shape index (κ2) is 3.12. The molecular weight excluding hydrogens is 180 g/mol. The van der Waals surface area contributed by atoms with Gasteiger partial charge in [0.2, 0.25) is 0 Å². The molecule has 12 heavy (non-hydrogen) atoms. The van der Waals surface area contributed by atoms with Gasteiger partial charge in [-0.2, -0.15) is 8.42 Å². The molecular formula is C7H8O4S.